The van der Waals surface area contributed by atoms with Crippen molar-refractivity contribution in [3.8, 4) is 0 Å². The molecule has 0 unspecified atom stereocenters. The van der Waals surface area contributed by atoms with Gasteiger partial charge in [-0.3, -0.25) is 0 Å². The minimum Gasteiger partial charge on any atom is -0.307 e. The molecular weight excluding hydrogens is 310 g/mol. The van der Waals surface area contributed by atoms with Crippen LogP contribution < -0.4 is 4.72 Å². The van der Waals surface area contributed by atoms with Crippen LogP contribution in [-0.2, 0) is 16.4 Å². The van der Waals surface area contributed by atoms with Gasteiger partial charge in [0.25, 0.3) is 0 Å². The molecule has 1 aromatic carbocycles. The Labute approximate surface area is 136 Å². The lowest BCUT2D eigenvalue weighted by Crippen LogP contribution is -2.26. The molecule has 0 fully saturated rings. The molecule has 0 atom stereocenters. The third kappa shape index (κ3) is 3.43. The van der Waals surface area contributed by atoms with E-state index in [-0.39, 0.29) is 4.90 Å². The SMILES string of the molecule is Cc1ccc(S(=O)(=O)NCCc2cn3cccc(C)c3n2)cc1. The summed E-state index contributed by atoms with van der Waals surface area (Å²) in [6, 6.07) is 10.8. The fourth-order valence-corrected chi connectivity index (χ4v) is 3.47. The van der Waals surface area contributed by atoms with E-state index in [2.05, 4.69) is 9.71 Å². The van der Waals surface area contributed by atoms with E-state index in [1.165, 1.54) is 0 Å². The van der Waals surface area contributed by atoms with Crippen molar-refractivity contribution in [2.75, 3.05) is 6.54 Å². The van der Waals surface area contributed by atoms with E-state index >= 15 is 0 Å². The molecule has 0 saturated heterocycles. The smallest absolute Gasteiger partial charge is 0.240 e. The molecule has 0 amide bonds. The second-order valence-electron chi connectivity index (χ2n) is 5.62. The number of hydrogen-bond acceptors (Lipinski definition) is 3. The summed E-state index contributed by atoms with van der Waals surface area (Å²) in [6.07, 6.45) is 4.42. The number of aromatic nitrogens is 2. The molecule has 120 valence electrons. The van der Waals surface area contributed by atoms with Gasteiger partial charge in [0.05, 0.1) is 10.6 Å². The largest absolute Gasteiger partial charge is 0.307 e. The first-order valence-corrected chi connectivity index (χ1v) is 8.93. The summed E-state index contributed by atoms with van der Waals surface area (Å²) in [6.45, 7) is 4.25. The van der Waals surface area contributed by atoms with Crippen molar-refractivity contribution < 1.29 is 8.42 Å². The summed E-state index contributed by atoms with van der Waals surface area (Å²) >= 11 is 0. The van der Waals surface area contributed by atoms with Crippen molar-refractivity contribution >= 4 is 15.7 Å². The Kier molecular flexibility index (Phi) is 4.19. The molecule has 0 bridgehead atoms. The molecule has 0 aliphatic carbocycles. The number of sulfonamides is 1. The van der Waals surface area contributed by atoms with E-state index in [1.807, 2.05) is 42.8 Å². The highest BCUT2D eigenvalue weighted by Crippen LogP contribution is 2.12. The molecule has 2 heterocycles. The van der Waals surface area contributed by atoms with Gasteiger partial charge < -0.3 is 4.40 Å². The van der Waals surface area contributed by atoms with Gasteiger partial charge in [-0.25, -0.2) is 18.1 Å². The van der Waals surface area contributed by atoms with E-state index in [0.29, 0.717) is 13.0 Å². The number of imidazole rings is 1. The van der Waals surface area contributed by atoms with Crippen LogP contribution in [0.1, 0.15) is 16.8 Å². The highest BCUT2D eigenvalue weighted by molar-refractivity contribution is 7.89. The quantitative estimate of drug-likeness (QED) is 0.782. The Bertz CT molecular complexity index is 928. The number of nitrogens with zero attached hydrogens (tertiary/aromatic N) is 2. The van der Waals surface area contributed by atoms with Gasteiger partial charge in [0, 0.05) is 25.4 Å². The van der Waals surface area contributed by atoms with E-state index in [1.54, 1.807) is 24.3 Å². The molecule has 0 radical (unpaired) electrons. The number of hydrogen-bond donors (Lipinski definition) is 1. The van der Waals surface area contributed by atoms with Crippen LogP contribution in [0.2, 0.25) is 0 Å². The average molecular weight is 329 g/mol. The lowest BCUT2D eigenvalue weighted by atomic mass is 10.2. The number of benzene rings is 1. The summed E-state index contributed by atoms with van der Waals surface area (Å²) in [5.74, 6) is 0. The van der Waals surface area contributed by atoms with E-state index < -0.39 is 10.0 Å². The number of aryl methyl sites for hydroxylation is 2. The first-order valence-electron chi connectivity index (χ1n) is 7.45. The first kappa shape index (κ1) is 15.7. The molecule has 0 aliphatic rings. The molecule has 0 saturated carbocycles. The summed E-state index contributed by atoms with van der Waals surface area (Å²) in [5.41, 5.74) is 3.90. The zero-order chi connectivity index (χ0) is 16.4. The van der Waals surface area contributed by atoms with Crippen molar-refractivity contribution in [2.45, 2.75) is 25.2 Å². The third-order valence-electron chi connectivity index (χ3n) is 3.73. The minimum atomic E-state index is -3.47. The van der Waals surface area contributed by atoms with Gasteiger partial charge in [-0.15, -0.1) is 0 Å². The molecule has 0 spiro atoms. The predicted molar refractivity (Wildman–Crippen MR) is 90.0 cm³/mol. The fourth-order valence-electron chi connectivity index (χ4n) is 2.44. The normalized spacial score (nSPS) is 11.9. The van der Waals surface area contributed by atoms with Gasteiger partial charge in [-0.2, -0.15) is 0 Å². The lowest BCUT2D eigenvalue weighted by molar-refractivity contribution is 0.581. The van der Waals surface area contributed by atoms with Crippen molar-refractivity contribution in [1.29, 1.82) is 0 Å². The van der Waals surface area contributed by atoms with Crippen LogP contribution in [0, 0.1) is 13.8 Å². The monoisotopic (exact) mass is 329 g/mol. The minimum absolute atomic E-state index is 0.286. The van der Waals surface area contributed by atoms with Crippen molar-refractivity contribution in [3.63, 3.8) is 0 Å². The molecule has 6 heteroatoms. The summed E-state index contributed by atoms with van der Waals surface area (Å²) in [5, 5.41) is 0. The van der Waals surface area contributed by atoms with Crippen LogP contribution in [-0.4, -0.2) is 24.3 Å². The van der Waals surface area contributed by atoms with Gasteiger partial charge in [0.15, 0.2) is 0 Å². The van der Waals surface area contributed by atoms with Crippen LogP contribution in [0.15, 0.2) is 53.7 Å². The highest BCUT2D eigenvalue weighted by atomic mass is 32.2. The molecule has 3 rings (SSSR count). The van der Waals surface area contributed by atoms with Gasteiger partial charge in [-0.05, 0) is 37.6 Å². The molecule has 5 nitrogen and oxygen atoms in total. The van der Waals surface area contributed by atoms with E-state index in [0.717, 1.165) is 22.5 Å². The van der Waals surface area contributed by atoms with Gasteiger partial charge in [0.1, 0.15) is 5.65 Å². The standard InChI is InChI=1S/C17H19N3O2S/c1-13-5-7-16(8-6-13)23(21,22)18-10-9-15-12-20-11-3-4-14(2)17(20)19-15/h3-8,11-12,18H,9-10H2,1-2H3. The van der Waals surface area contributed by atoms with Gasteiger partial charge >= 0.3 is 0 Å². The van der Waals surface area contributed by atoms with E-state index in [4.69, 9.17) is 0 Å². The van der Waals surface area contributed by atoms with Gasteiger partial charge in [0.2, 0.25) is 10.0 Å². The topological polar surface area (TPSA) is 63.5 Å². The number of fused-ring (bicyclic) bond motifs is 1. The number of nitrogens with one attached hydrogen (secondary N) is 1. The number of rotatable bonds is 5. The maximum atomic E-state index is 12.2. The Morgan fingerprint density at radius 3 is 2.57 bits per heavy atom. The fraction of sp³-hybridized carbons (Fsp3) is 0.235. The molecule has 0 aliphatic heterocycles. The second kappa shape index (κ2) is 6.14. The zero-order valence-electron chi connectivity index (χ0n) is 13.2. The van der Waals surface area contributed by atoms with Crippen LogP contribution in [0.3, 0.4) is 0 Å². The Morgan fingerprint density at radius 2 is 1.87 bits per heavy atom. The summed E-state index contributed by atoms with van der Waals surface area (Å²) < 4.78 is 29.0. The second-order valence-corrected chi connectivity index (χ2v) is 7.38. The summed E-state index contributed by atoms with van der Waals surface area (Å²) in [7, 11) is -3.47. The maximum absolute atomic E-state index is 12.2. The molecule has 3 aromatic rings. The summed E-state index contributed by atoms with van der Waals surface area (Å²) in [4.78, 5) is 4.83. The highest BCUT2D eigenvalue weighted by Gasteiger charge is 2.13. The van der Waals surface area contributed by atoms with Crippen LogP contribution in [0.4, 0.5) is 0 Å². The maximum Gasteiger partial charge on any atom is 0.240 e. The Hall–Kier alpha value is -2.18. The van der Waals surface area contributed by atoms with Crippen LogP contribution in [0.5, 0.6) is 0 Å². The van der Waals surface area contributed by atoms with Crippen molar-refractivity contribution in [3.05, 3.63) is 65.6 Å². The van der Waals surface area contributed by atoms with Crippen molar-refractivity contribution in [1.82, 2.24) is 14.1 Å². The zero-order valence-corrected chi connectivity index (χ0v) is 14.0. The first-order chi connectivity index (χ1) is 11.0. The molecule has 2 aromatic heterocycles. The predicted octanol–water partition coefficient (Wildman–Crippen LogP) is 2.47. The third-order valence-corrected chi connectivity index (χ3v) is 5.21. The molecule has 23 heavy (non-hydrogen) atoms. The van der Waals surface area contributed by atoms with Crippen molar-refractivity contribution in [2.24, 2.45) is 0 Å². The average Bonchev–Trinajstić information content (AvgIpc) is 2.92. The van der Waals surface area contributed by atoms with Crippen LogP contribution in [0.25, 0.3) is 5.65 Å². The van der Waals surface area contributed by atoms with Crippen LogP contribution >= 0.6 is 0 Å². The van der Waals surface area contributed by atoms with Gasteiger partial charge in [-0.1, -0.05) is 23.8 Å². The lowest BCUT2D eigenvalue weighted by Gasteiger charge is -2.06. The van der Waals surface area contributed by atoms with E-state index in [9.17, 15) is 8.42 Å². The Balaban J connectivity index is 1.68. The molecular formula is C17H19N3O2S. The number of pyridine rings is 1. The molecule has 1 N–H and O–H groups in total. The Morgan fingerprint density at radius 1 is 1.13 bits per heavy atom.